The van der Waals surface area contributed by atoms with Crippen molar-refractivity contribution < 1.29 is 28.2 Å². The Morgan fingerprint density at radius 2 is 2.20 bits per heavy atom. The highest BCUT2D eigenvalue weighted by molar-refractivity contribution is 6.11. The molecular formula is C11H15F2N3O4. The lowest BCUT2D eigenvalue weighted by atomic mass is 10.1. The molecule has 9 heteroatoms. The zero-order chi connectivity index (χ0) is 15.5. The molecule has 20 heavy (non-hydrogen) atoms. The molecule has 0 saturated carbocycles. The third-order valence-corrected chi connectivity index (χ3v) is 2.91. The Bertz CT molecular complexity index is 518. The lowest BCUT2D eigenvalue weighted by Crippen LogP contribution is -2.48. The number of anilines is 1. The molecular weight excluding hydrogens is 276 g/mol. The minimum Gasteiger partial charge on any atom is -0.479 e. The van der Waals surface area contributed by atoms with Crippen molar-refractivity contribution in [2.75, 3.05) is 12.4 Å². The predicted octanol–water partition coefficient (Wildman–Crippen LogP) is 0.885. The summed E-state index contributed by atoms with van der Waals surface area (Å²) in [5.41, 5.74) is -1.63. The van der Waals surface area contributed by atoms with E-state index in [9.17, 15) is 18.4 Å². The summed E-state index contributed by atoms with van der Waals surface area (Å²) in [4.78, 5) is 22.9. The van der Waals surface area contributed by atoms with E-state index in [2.05, 4.69) is 15.2 Å². The summed E-state index contributed by atoms with van der Waals surface area (Å²) in [6, 6.07) is 0. The number of carboxylic acid groups (broad SMARTS) is 1. The highest BCUT2D eigenvalue weighted by atomic mass is 19.3. The summed E-state index contributed by atoms with van der Waals surface area (Å²) in [6.07, 6.45) is -1.41. The van der Waals surface area contributed by atoms with E-state index in [0.29, 0.717) is 5.69 Å². The van der Waals surface area contributed by atoms with Gasteiger partial charge in [0.2, 0.25) is 5.60 Å². The number of carbonyl (C=O) groups excluding carboxylic acids is 1. The number of halogens is 2. The minimum absolute atomic E-state index is 0.153. The highest BCUT2D eigenvalue weighted by Gasteiger charge is 2.42. The van der Waals surface area contributed by atoms with Crippen LogP contribution in [0.2, 0.25) is 0 Å². The van der Waals surface area contributed by atoms with Crippen molar-refractivity contribution >= 4 is 17.6 Å². The maximum atomic E-state index is 12.3. The van der Waals surface area contributed by atoms with E-state index >= 15 is 0 Å². The summed E-state index contributed by atoms with van der Waals surface area (Å²) in [5.74, 6) is -2.39. The molecule has 2 N–H and O–H groups in total. The first kappa shape index (κ1) is 16.0. The Labute approximate surface area is 113 Å². The zero-order valence-electron chi connectivity index (χ0n) is 11.2. The van der Waals surface area contributed by atoms with Crippen molar-refractivity contribution in [2.45, 2.75) is 32.4 Å². The van der Waals surface area contributed by atoms with E-state index in [4.69, 9.17) is 5.11 Å². The van der Waals surface area contributed by atoms with Gasteiger partial charge >= 0.3 is 5.97 Å². The maximum absolute atomic E-state index is 12.3. The lowest BCUT2D eigenvalue weighted by molar-refractivity contribution is -0.165. The molecule has 0 aromatic carbocycles. The van der Waals surface area contributed by atoms with Crippen molar-refractivity contribution in [1.29, 1.82) is 0 Å². The first-order valence-corrected chi connectivity index (χ1v) is 5.63. The molecule has 1 unspecified atom stereocenters. The van der Waals surface area contributed by atoms with Gasteiger partial charge in [-0.2, -0.15) is 5.10 Å². The van der Waals surface area contributed by atoms with Crippen LogP contribution in [0.25, 0.3) is 0 Å². The van der Waals surface area contributed by atoms with Gasteiger partial charge in [0.15, 0.2) is 0 Å². The first-order chi connectivity index (χ1) is 9.22. The average Bonchev–Trinajstić information content (AvgIpc) is 2.69. The molecule has 0 radical (unpaired) electrons. The van der Waals surface area contributed by atoms with E-state index < -0.39 is 30.4 Å². The van der Waals surface area contributed by atoms with Gasteiger partial charge < -0.3 is 15.2 Å². The van der Waals surface area contributed by atoms with Crippen LogP contribution < -0.4 is 5.32 Å². The molecule has 0 aliphatic rings. The Hall–Kier alpha value is -2.03. The SMILES string of the molecule is COC(C)(C(=O)O)C(=O)Nc1cnn(CC(F)F)c1C. The molecule has 0 saturated heterocycles. The Morgan fingerprint density at radius 1 is 1.60 bits per heavy atom. The van der Waals surface area contributed by atoms with Gasteiger partial charge in [0.1, 0.15) is 6.54 Å². The van der Waals surface area contributed by atoms with E-state index in [1.807, 2.05) is 0 Å². The number of amides is 1. The number of hydrogen-bond donors (Lipinski definition) is 2. The second-order valence-corrected chi connectivity index (χ2v) is 4.21. The maximum Gasteiger partial charge on any atom is 0.345 e. The third kappa shape index (κ3) is 3.10. The van der Waals surface area contributed by atoms with Gasteiger partial charge in [-0.3, -0.25) is 9.48 Å². The fourth-order valence-corrected chi connectivity index (χ4v) is 1.40. The van der Waals surface area contributed by atoms with Crippen LogP contribution in [0.4, 0.5) is 14.5 Å². The number of hydrogen-bond acceptors (Lipinski definition) is 4. The standard InChI is InChI=1S/C11H15F2N3O4/c1-6-7(4-14-16(6)5-8(12)13)15-9(17)11(2,20-3)10(18)19/h4,8H,5H2,1-3H3,(H,15,17)(H,18,19). The van der Waals surface area contributed by atoms with Crippen LogP contribution in [0.5, 0.6) is 0 Å². The van der Waals surface area contributed by atoms with Gasteiger partial charge in [-0.15, -0.1) is 0 Å². The second-order valence-electron chi connectivity index (χ2n) is 4.21. The number of carbonyl (C=O) groups is 2. The number of alkyl halides is 2. The number of rotatable bonds is 6. The average molecular weight is 291 g/mol. The van der Waals surface area contributed by atoms with Gasteiger partial charge in [-0.25, -0.2) is 13.6 Å². The number of carboxylic acids is 1. The number of ether oxygens (including phenoxy) is 1. The van der Waals surface area contributed by atoms with Crippen molar-refractivity contribution in [1.82, 2.24) is 9.78 Å². The molecule has 1 atom stereocenters. The van der Waals surface area contributed by atoms with Gasteiger partial charge in [0.05, 0.1) is 17.6 Å². The summed E-state index contributed by atoms with van der Waals surface area (Å²) in [7, 11) is 1.08. The smallest absolute Gasteiger partial charge is 0.345 e. The molecule has 7 nitrogen and oxygen atoms in total. The van der Waals surface area contributed by atoms with Gasteiger partial charge in [0, 0.05) is 7.11 Å². The van der Waals surface area contributed by atoms with Crippen LogP contribution in [0, 0.1) is 6.92 Å². The molecule has 0 spiro atoms. The van der Waals surface area contributed by atoms with E-state index in [-0.39, 0.29) is 5.69 Å². The molecule has 1 rings (SSSR count). The summed E-state index contributed by atoms with van der Waals surface area (Å²) in [5, 5.41) is 15.0. The molecule has 0 aliphatic carbocycles. The number of methoxy groups -OCH3 is 1. The van der Waals surface area contributed by atoms with E-state index in [1.54, 1.807) is 0 Å². The molecule has 1 amide bonds. The van der Waals surface area contributed by atoms with Crippen LogP contribution in [0.1, 0.15) is 12.6 Å². The monoisotopic (exact) mass is 291 g/mol. The van der Waals surface area contributed by atoms with Crippen molar-refractivity contribution in [3.63, 3.8) is 0 Å². The minimum atomic E-state index is -2.58. The van der Waals surface area contributed by atoms with E-state index in [0.717, 1.165) is 18.7 Å². The number of aromatic nitrogens is 2. The lowest BCUT2D eigenvalue weighted by Gasteiger charge is -2.21. The fourth-order valence-electron chi connectivity index (χ4n) is 1.40. The Morgan fingerprint density at radius 3 is 2.65 bits per heavy atom. The predicted molar refractivity (Wildman–Crippen MR) is 64.6 cm³/mol. The number of nitrogens with one attached hydrogen (secondary N) is 1. The molecule has 0 fully saturated rings. The largest absolute Gasteiger partial charge is 0.479 e. The van der Waals surface area contributed by atoms with Crippen LogP contribution in [-0.4, -0.2) is 45.9 Å². The molecule has 1 aromatic heterocycles. The van der Waals surface area contributed by atoms with Crippen LogP contribution in [-0.2, 0) is 20.9 Å². The van der Waals surface area contributed by atoms with Crippen LogP contribution >= 0.6 is 0 Å². The topological polar surface area (TPSA) is 93.4 Å². The highest BCUT2D eigenvalue weighted by Crippen LogP contribution is 2.18. The summed E-state index contributed by atoms with van der Waals surface area (Å²) < 4.78 is 30.3. The summed E-state index contributed by atoms with van der Waals surface area (Å²) in [6.45, 7) is 1.96. The van der Waals surface area contributed by atoms with Crippen LogP contribution in [0.3, 0.4) is 0 Å². The normalized spacial score (nSPS) is 14.1. The van der Waals surface area contributed by atoms with Crippen molar-refractivity contribution in [3.05, 3.63) is 11.9 Å². The number of nitrogens with zero attached hydrogens (tertiary/aromatic N) is 2. The third-order valence-electron chi connectivity index (χ3n) is 2.91. The second kappa shape index (κ2) is 5.95. The van der Waals surface area contributed by atoms with Crippen molar-refractivity contribution in [2.24, 2.45) is 0 Å². The van der Waals surface area contributed by atoms with E-state index in [1.165, 1.54) is 13.1 Å². The quantitative estimate of drug-likeness (QED) is 0.759. The number of aliphatic carboxylic acids is 1. The molecule has 112 valence electrons. The van der Waals surface area contributed by atoms with Gasteiger partial charge in [-0.1, -0.05) is 0 Å². The molecule has 1 heterocycles. The zero-order valence-corrected chi connectivity index (χ0v) is 11.2. The Kier molecular flexibility index (Phi) is 4.77. The van der Waals surface area contributed by atoms with Crippen LogP contribution in [0.15, 0.2) is 6.20 Å². The fraction of sp³-hybridized carbons (Fsp3) is 0.545. The summed E-state index contributed by atoms with van der Waals surface area (Å²) >= 11 is 0. The first-order valence-electron chi connectivity index (χ1n) is 5.63. The van der Waals surface area contributed by atoms with Gasteiger partial charge in [-0.05, 0) is 13.8 Å². The Balaban J connectivity index is 2.91. The van der Waals surface area contributed by atoms with Gasteiger partial charge in [0.25, 0.3) is 12.3 Å². The molecule has 1 aromatic rings. The molecule has 0 aliphatic heterocycles. The molecule has 0 bridgehead atoms. The van der Waals surface area contributed by atoms with Crippen molar-refractivity contribution in [3.8, 4) is 0 Å².